The van der Waals surface area contributed by atoms with Crippen LogP contribution in [-0.2, 0) is 17.7 Å². The predicted molar refractivity (Wildman–Crippen MR) is 83.9 cm³/mol. The standard InChI is InChI=1S/C17H18FN3O2/c1-3-23-17(22)15-11(2)16(20-10-19-15)21-7-6-12-4-5-14(18)8-13(12)9-21/h4-5,8,10H,3,6-7,9H2,1-2H3. The van der Waals surface area contributed by atoms with Gasteiger partial charge in [-0.1, -0.05) is 6.07 Å². The first-order chi connectivity index (χ1) is 11.1. The van der Waals surface area contributed by atoms with Crippen LogP contribution in [-0.4, -0.2) is 29.1 Å². The highest BCUT2D eigenvalue weighted by atomic mass is 19.1. The monoisotopic (exact) mass is 315 g/mol. The van der Waals surface area contributed by atoms with E-state index in [-0.39, 0.29) is 11.5 Å². The summed E-state index contributed by atoms with van der Waals surface area (Å²) in [5.74, 6) is 0.00675. The second-order valence-electron chi connectivity index (χ2n) is 5.48. The highest BCUT2D eigenvalue weighted by Gasteiger charge is 2.23. The molecular weight excluding hydrogens is 297 g/mol. The lowest BCUT2D eigenvalue weighted by molar-refractivity contribution is 0.0518. The third-order valence-corrected chi connectivity index (χ3v) is 4.01. The maximum Gasteiger partial charge on any atom is 0.357 e. The van der Waals surface area contributed by atoms with Crippen molar-refractivity contribution in [2.45, 2.75) is 26.8 Å². The Balaban J connectivity index is 1.91. The summed E-state index contributed by atoms with van der Waals surface area (Å²) >= 11 is 0. The van der Waals surface area contributed by atoms with Crippen molar-refractivity contribution in [3.05, 3.63) is 52.7 Å². The van der Waals surface area contributed by atoms with Crippen LogP contribution in [0.5, 0.6) is 0 Å². The molecule has 0 atom stereocenters. The van der Waals surface area contributed by atoms with Crippen LogP contribution in [0.3, 0.4) is 0 Å². The van der Waals surface area contributed by atoms with Gasteiger partial charge >= 0.3 is 5.97 Å². The first-order valence-corrected chi connectivity index (χ1v) is 7.61. The number of esters is 1. The minimum atomic E-state index is -0.447. The lowest BCUT2D eigenvalue weighted by atomic mass is 9.99. The van der Waals surface area contributed by atoms with Gasteiger partial charge < -0.3 is 9.64 Å². The topological polar surface area (TPSA) is 55.3 Å². The van der Waals surface area contributed by atoms with Crippen LogP contribution in [0, 0.1) is 12.7 Å². The summed E-state index contributed by atoms with van der Waals surface area (Å²) in [6.07, 6.45) is 2.18. The van der Waals surface area contributed by atoms with E-state index in [1.165, 1.54) is 12.4 Å². The van der Waals surface area contributed by atoms with Gasteiger partial charge in [-0.05, 0) is 43.5 Å². The fourth-order valence-electron chi connectivity index (χ4n) is 2.87. The average Bonchev–Trinajstić information content (AvgIpc) is 2.54. The van der Waals surface area contributed by atoms with Crippen LogP contribution < -0.4 is 4.90 Å². The number of halogens is 1. The van der Waals surface area contributed by atoms with E-state index >= 15 is 0 Å². The molecular formula is C17H18FN3O2. The highest BCUT2D eigenvalue weighted by Crippen LogP contribution is 2.26. The fraction of sp³-hybridized carbons (Fsp3) is 0.353. The molecule has 2 aromatic rings. The van der Waals surface area contributed by atoms with E-state index in [1.54, 1.807) is 13.0 Å². The van der Waals surface area contributed by atoms with Crippen LogP contribution >= 0.6 is 0 Å². The SMILES string of the molecule is CCOC(=O)c1ncnc(N2CCc3ccc(F)cc3C2)c1C. The molecule has 23 heavy (non-hydrogen) atoms. The van der Waals surface area contributed by atoms with E-state index < -0.39 is 5.97 Å². The summed E-state index contributed by atoms with van der Waals surface area (Å²) in [6.45, 7) is 5.19. The fourth-order valence-corrected chi connectivity index (χ4v) is 2.87. The van der Waals surface area contributed by atoms with Crippen molar-refractivity contribution in [3.63, 3.8) is 0 Å². The average molecular weight is 315 g/mol. The smallest absolute Gasteiger partial charge is 0.357 e. The summed E-state index contributed by atoms with van der Waals surface area (Å²) in [6, 6.07) is 4.88. The molecule has 120 valence electrons. The minimum absolute atomic E-state index is 0.239. The molecule has 2 heterocycles. The lowest BCUT2D eigenvalue weighted by Crippen LogP contribution is -2.32. The van der Waals surface area contributed by atoms with Gasteiger partial charge in [-0.25, -0.2) is 19.2 Å². The summed E-state index contributed by atoms with van der Waals surface area (Å²) in [5, 5.41) is 0. The summed E-state index contributed by atoms with van der Waals surface area (Å²) in [4.78, 5) is 22.4. The molecule has 0 aliphatic carbocycles. The zero-order valence-electron chi connectivity index (χ0n) is 13.2. The van der Waals surface area contributed by atoms with Gasteiger partial charge in [-0.3, -0.25) is 0 Å². The number of hydrogen-bond acceptors (Lipinski definition) is 5. The van der Waals surface area contributed by atoms with E-state index in [9.17, 15) is 9.18 Å². The number of benzene rings is 1. The Morgan fingerprint density at radius 2 is 2.17 bits per heavy atom. The number of anilines is 1. The molecule has 3 rings (SSSR count). The number of ether oxygens (including phenoxy) is 1. The lowest BCUT2D eigenvalue weighted by Gasteiger charge is -2.31. The van der Waals surface area contributed by atoms with E-state index in [4.69, 9.17) is 4.74 Å². The molecule has 0 bridgehead atoms. The van der Waals surface area contributed by atoms with Crippen molar-refractivity contribution < 1.29 is 13.9 Å². The second-order valence-corrected chi connectivity index (χ2v) is 5.48. The molecule has 0 amide bonds. The summed E-state index contributed by atoms with van der Waals surface area (Å²) in [5.41, 5.74) is 3.07. The van der Waals surface area contributed by atoms with Gasteiger partial charge in [0, 0.05) is 18.7 Å². The Bertz CT molecular complexity index is 749. The molecule has 1 aromatic heterocycles. The number of nitrogens with zero attached hydrogens (tertiary/aromatic N) is 3. The van der Waals surface area contributed by atoms with Gasteiger partial charge in [0.25, 0.3) is 0 Å². The van der Waals surface area contributed by atoms with Crippen molar-refractivity contribution in [1.29, 1.82) is 0 Å². The first-order valence-electron chi connectivity index (χ1n) is 7.61. The third-order valence-electron chi connectivity index (χ3n) is 4.01. The van der Waals surface area contributed by atoms with Crippen LogP contribution in [0.2, 0.25) is 0 Å². The zero-order valence-corrected chi connectivity index (χ0v) is 13.2. The molecule has 1 aliphatic rings. The summed E-state index contributed by atoms with van der Waals surface area (Å²) < 4.78 is 18.5. The van der Waals surface area contributed by atoms with Gasteiger partial charge in [-0.15, -0.1) is 0 Å². The van der Waals surface area contributed by atoms with Crippen LogP contribution in [0.4, 0.5) is 10.2 Å². The van der Waals surface area contributed by atoms with Crippen LogP contribution in [0.1, 0.15) is 34.1 Å². The normalized spacial score (nSPS) is 13.6. The Hall–Kier alpha value is -2.50. The number of aromatic nitrogens is 2. The molecule has 0 unspecified atom stereocenters. The molecule has 0 N–H and O–H groups in total. The predicted octanol–water partition coefficient (Wildman–Crippen LogP) is 2.66. The molecule has 0 radical (unpaired) electrons. The Morgan fingerprint density at radius 3 is 2.96 bits per heavy atom. The van der Waals surface area contributed by atoms with Gasteiger partial charge in [0.2, 0.25) is 0 Å². The number of hydrogen-bond donors (Lipinski definition) is 0. The van der Waals surface area contributed by atoms with Crippen molar-refractivity contribution in [3.8, 4) is 0 Å². The molecule has 0 spiro atoms. The van der Waals surface area contributed by atoms with Crippen molar-refractivity contribution in [2.24, 2.45) is 0 Å². The van der Waals surface area contributed by atoms with E-state index in [0.29, 0.717) is 24.5 Å². The number of rotatable bonds is 3. The number of carbonyl (C=O) groups excluding carboxylic acids is 1. The van der Waals surface area contributed by atoms with Crippen molar-refractivity contribution >= 4 is 11.8 Å². The molecule has 1 aliphatic heterocycles. The Kier molecular flexibility index (Phi) is 4.23. The molecule has 6 heteroatoms. The molecule has 5 nitrogen and oxygen atoms in total. The maximum atomic E-state index is 13.5. The maximum absolute atomic E-state index is 13.5. The molecule has 0 saturated carbocycles. The Labute approximate surface area is 134 Å². The zero-order chi connectivity index (χ0) is 16.4. The van der Waals surface area contributed by atoms with E-state index in [2.05, 4.69) is 9.97 Å². The number of carbonyl (C=O) groups is 1. The minimum Gasteiger partial charge on any atom is -0.461 e. The van der Waals surface area contributed by atoms with Crippen molar-refractivity contribution in [1.82, 2.24) is 9.97 Å². The van der Waals surface area contributed by atoms with Gasteiger partial charge in [0.15, 0.2) is 5.69 Å². The molecule has 0 saturated heterocycles. The molecule has 0 fully saturated rings. The van der Waals surface area contributed by atoms with Crippen LogP contribution in [0.25, 0.3) is 0 Å². The largest absolute Gasteiger partial charge is 0.461 e. The highest BCUT2D eigenvalue weighted by molar-refractivity contribution is 5.90. The van der Waals surface area contributed by atoms with Gasteiger partial charge in [0.05, 0.1) is 6.61 Å². The first kappa shape index (κ1) is 15.4. The van der Waals surface area contributed by atoms with Gasteiger partial charge in [0.1, 0.15) is 18.0 Å². The third kappa shape index (κ3) is 3.02. The van der Waals surface area contributed by atoms with Crippen molar-refractivity contribution in [2.75, 3.05) is 18.1 Å². The summed E-state index contributed by atoms with van der Waals surface area (Å²) in [7, 11) is 0. The quantitative estimate of drug-likeness (QED) is 0.815. The molecule has 1 aromatic carbocycles. The van der Waals surface area contributed by atoms with Crippen LogP contribution in [0.15, 0.2) is 24.5 Å². The van der Waals surface area contributed by atoms with E-state index in [0.717, 1.165) is 24.1 Å². The van der Waals surface area contributed by atoms with E-state index in [1.807, 2.05) is 17.9 Å². The number of fused-ring (bicyclic) bond motifs is 1. The second kappa shape index (κ2) is 6.32. The Morgan fingerprint density at radius 1 is 1.35 bits per heavy atom. The van der Waals surface area contributed by atoms with Gasteiger partial charge in [-0.2, -0.15) is 0 Å².